The first-order chi connectivity index (χ1) is 16.8. The molecule has 0 unspecified atom stereocenters. The van der Waals surface area contributed by atoms with Crippen molar-refractivity contribution in [1.82, 2.24) is 19.3 Å². The summed E-state index contributed by atoms with van der Waals surface area (Å²) in [6, 6.07) is 14.6. The molecule has 2 aromatic heterocycles. The quantitative estimate of drug-likeness (QED) is 0.411. The fraction of sp³-hybridized carbons (Fsp3) is 0.200. The van der Waals surface area contributed by atoms with Gasteiger partial charge in [-0.3, -0.25) is 4.79 Å². The lowest BCUT2D eigenvalue weighted by atomic mass is 10.1. The molecule has 0 atom stereocenters. The predicted octanol–water partition coefficient (Wildman–Crippen LogP) is 3.25. The zero-order valence-electron chi connectivity index (χ0n) is 19.5. The Bertz CT molecular complexity index is 1500. The number of nitrogens with zero attached hydrogens (tertiary/aromatic N) is 5. The van der Waals surface area contributed by atoms with Crippen LogP contribution in [-0.4, -0.2) is 53.6 Å². The summed E-state index contributed by atoms with van der Waals surface area (Å²) in [5.74, 6) is 1.17. The highest BCUT2D eigenvalue weighted by atomic mass is 32.2. The number of hydrogen-bond acceptors (Lipinski definition) is 6. The summed E-state index contributed by atoms with van der Waals surface area (Å²) < 4.78 is 33.5. The number of carbonyl (C=O) groups is 1. The Hall–Kier alpha value is -3.92. The number of fused-ring (bicyclic) bond motifs is 1. The molecule has 1 aliphatic heterocycles. The van der Waals surface area contributed by atoms with Gasteiger partial charge in [0.05, 0.1) is 12.8 Å². The molecule has 10 heteroatoms. The largest absolute Gasteiger partial charge is 0.497 e. The highest BCUT2D eigenvalue weighted by molar-refractivity contribution is 7.90. The van der Waals surface area contributed by atoms with E-state index in [1.807, 2.05) is 48.4 Å². The second-order valence-electron chi connectivity index (χ2n) is 8.18. The third-order valence-corrected chi connectivity index (χ3v) is 7.05. The fourth-order valence-corrected chi connectivity index (χ4v) is 5.20. The van der Waals surface area contributed by atoms with Crippen LogP contribution in [0.25, 0.3) is 11.4 Å². The number of sulfone groups is 1. The van der Waals surface area contributed by atoms with E-state index >= 15 is 0 Å². The van der Waals surface area contributed by atoms with E-state index in [2.05, 4.69) is 10.1 Å². The molecule has 3 heterocycles. The summed E-state index contributed by atoms with van der Waals surface area (Å²) in [5.41, 5.74) is 2.92. The third kappa shape index (κ3) is 3.99. The summed E-state index contributed by atoms with van der Waals surface area (Å²) in [5, 5.41) is 4.30. The minimum absolute atomic E-state index is 0.0601. The zero-order valence-corrected chi connectivity index (χ0v) is 20.4. The molecule has 1 aliphatic rings. The molecule has 2 aromatic carbocycles. The van der Waals surface area contributed by atoms with Crippen molar-refractivity contribution in [3.63, 3.8) is 0 Å². The number of methoxy groups -OCH3 is 1. The van der Waals surface area contributed by atoms with Gasteiger partial charge in [0, 0.05) is 48.6 Å². The molecular formula is C25H24N5O4S. The monoisotopic (exact) mass is 490 g/mol. The van der Waals surface area contributed by atoms with E-state index in [-0.39, 0.29) is 16.6 Å². The van der Waals surface area contributed by atoms with Crippen molar-refractivity contribution in [2.75, 3.05) is 24.8 Å². The van der Waals surface area contributed by atoms with Crippen molar-refractivity contribution in [1.29, 1.82) is 0 Å². The number of carbonyl (C=O) groups excluding carboxylic acids is 1. The number of aromatic nitrogens is 4. The topological polar surface area (TPSA) is 99.3 Å². The van der Waals surface area contributed by atoms with Gasteiger partial charge >= 0.3 is 0 Å². The van der Waals surface area contributed by atoms with Crippen LogP contribution in [0.3, 0.4) is 0 Å². The van der Waals surface area contributed by atoms with Crippen LogP contribution in [0.2, 0.25) is 0 Å². The Morgan fingerprint density at radius 1 is 1.00 bits per heavy atom. The van der Waals surface area contributed by atoms with Gasteiger partial charge in [-0.2, -0.15) is 5.10 Å². The Morgan fingerprint density at radius 3 is 2.29 bits per heavy atom. The number of ether oxygens (including phenoxy) is 1. The third-order valence-electron chi connectivity index (χ3n) is 6.02. The molecule has 0 N–H and O–H groups in total. The van der Waals surface area contributed by atoms with E-state index in [0.29, 0.717) is 30.0 Å². The van der Waals surface area contributed by atoms with Crippen LogP contribution in [0.15, 0.2) is 66.0 Å². The van der Waals surface area contributed by atoms with Gasteiger partial charge in [-0.25, -0.2) is 18.1 Å². The molecule has 0 spiro atoms. The maximum atomic E-state index is 13.7. The summed E-state index contributed by atoms with van der Waals surface area (Å²) in [6.07, 6.45) is 7.02. The standard InChI is InChI=1S/C25H24N5O4S/c1-4-22-26-14-16-28(22)17-5-7-18(8-6-17)29-15-13-21-23(25(29)31)30(27-24(21)35(3,32)33)19-9-11-20(34-2)12-10-19/h4-12,14,16H,13,15H2,1-3H3. The van der Waals surface area contributed by atoms with Crippen LogP contribution in [0.1, 0.15) is 28.8 Å². The van der Waals surface area contributed by atoms with Gasteiger partial charge in [0.15, 0.2) is 14.9 Å². The lowest BCUT2D eigenvalue weighted by molar-refractivity contribution is 0.0973. The van der Waals surface area contributed by atoms with E-state index in [0.717, 1.165) is 23.5 Å². The summed E-state index contributed by atoms with van der Waals surface area (Å²) in [7, 11) is -2.06. The van der Waals surface area contributed by atoms with Crippen molar-refractivity contribution in [2.45, 2.75) is 18.4 Å². The lowest BCUT2D eigenvalue weighted by Gasteiger charge is -2.28. The molecule has 4 aromatic rings. The highest BCUT2D eigenvalue weighted by Crippen LogP contribution is 2.31. The van der Waals surface area contributed by atoms with E-state index < -0.39 is 9.84 Å². The number of rotatable bonds is 6. The number of anilines is 1. The van der Waals surface area contributed by atoms with Gasteiger partial charge in [-0.15, -0.1) is 0 Å². The van der Waals surface area contributed by atoms with Gasteiger partial charge in [-0.05, 0) is 55.0 Å². The molecule has 5 rings (SSSR count). The number of amides is 1. The Labute approximate surface area is 203 Å². The van der Waals surface area contributed by atoms with Crippen LogP contribution in [-0.2, 0) is 16.3 Å². The molecule has 0 saturated carbocycles. The smallest absolute Gasteiger partial charge is 0.277 e. The normalized spacial score (nSPS) is 13.7. The van der Waals surface area contributed by atoms with Gasteiger partial charge in [0.25, 0.3) is 5.91 Å². The molecule has 0 aliphatic carbocycles. The van der Waals surface area contributed by atoms with Crippen molar-refractivity contribution < 1.29 is 17.9 Å². The van der Waals surface area contributed by atoms with Crippen LogP contribution in [0.4, 0.5) is 5.69 Å². The number of benzene rings is 2. The Morgan fingerprint density at radius 2 is 1.66 bits per heavy atom. The van der Waals surface area contributed by atoms with Crippen LogP contribution in [0.5, 0.6) is 5.75 Å². The maximum absolute atomic E-state index is 13.7. The Kier molecular flexibility index (Phi) is 5.68. The highest BCUT2D eigenvalue weighted by Gasteiger charge is 2.35. The minimum atomic E-state index is -3.63. The first-order valence-corrected chi connectivity index (χ1v) is 12.9. The van der Waals surface area contributed by atoms with Gasteiger partial charge < -0.3 is 14.2 Å². The molecule has 1 amide bonds. The minimum Gasteiger partial charge on any atom is -0.497 e. The van der Waals surface area contributed by atoms with Crippen LogP contribution >= 0.6 is 0 Å². The SMILES string of the molecule is C[CH]c1nccn1-c1ccc(N2CCc3c(S(C)(=O)=O)nn(-c4ccc(OC)cc4)c3C2=O)cc1. The average Bonchev–Trinajstić information content (AvgIpc) is 3.50. The maximum Gasteiger partial charge on any atom is 0.277 e. The average molecular weight is 491 g/mol. The van der Waals surface area contributed by atoms with E-state index in [9.17, 15) is 13.2 Å². The van der Waals surface area contributed by atoms with Crippen molar-refractivity contribution in [3.8, 4) is 17.1 Å². The second-order valence-corrected chi connectivity index (χ2v) is 10.1. The zero-order chi connectivity index (χ0) is 24.7. The molecular weight excluding hydrogens is 466 g/mol. The van der Waals surface area contributed by atoms with Gasteiger partial charge in [0.1, 0.15) is 17.3 Å². The van der Waals surface area contributed by atoms with E-state index in [4.69, 9.17) is 4.74 Å². The number of imidazole rings is 1. The van der Waals surface area contributed by atoms with Gasteiger partial charge in [-0.1, -0.05) is 6.92 Å². The van der Waals surface area contributed by atoms with Crippen LogP contribution < -0.4 is 9.64 Å². The van der Waals surface area contributed by atoms with Crippen LogP contribution in [0, 0.1) is 6.42 Å². The summed E-state index contributed by atoms with van der Waals surface area (Å²) in [4.78, 5) is 19.7. The van der Waals surface area contributed by atoms with Crippen molar-refractivity contribution in [2.24, 2.45) is 0 Å². The first kappa shape index (κ1) is 22.9. The van der Waals surface area contributed by atoms with Gasteiger partial charge in [0.2, 0.25) is 0 Å². The molecule has 179 valence electrons. The first-order valence-electron chi connectivity index (χ1n) is 11.0. The molecule has 0 bridgehead atoms. The number of hydrogen-bond donors (Lipinski definition) is 0. The second kappa shape index (κ2) is 8.70. The molecule has 0 saturated heterocycles. The summed E-state index contributed by atoms with van der Waals surface area (Å²) in [6.45, 7) is 2.27. The summed E-state index contributed by atoms with van der Waals surface area (Å²) >= 11 is 0. The van der Waals surface area contributed by atoms with Crippen molar-refractivity contribution >= 4 is 21.4 Å². The Balaban J connectivity index is 1.55. The lowest BCUT2D eigenvalue weighted by Crippen LogP contribution is -2.39. The fourth-order valence-electron chi connectivity index (χ4n) is 4.32. The van der Waals surface area contributed by atoms with E-state index in [1.54, 1.807) is 42.5 Å². The molecule has 9 nitrogen and oxygen atoms in total. The van der Waals surface area contributed by atoms with Crippen molar-refractivity contribution in [3.05, 3.63) is 84.4 Å². The molecule has 35 heavy (non-hydrogen) atoms. The van der Waals surface area contributed by atoms with E-state index in [1.165, 1.54) is 4.68 Å². The predicted molar refractivity (Wildman–Crippen MR) is 131 cm³/mol. The molecule has 0 fully saturated rings. The molecule has 1 radical (unpaired) electrons.